The summed E-state index contributed by atoms with van der Waals surface area (Å²) in [5.74, 6) is -1.21. The van der Waals surface area contributed by atoms with Gasteiger partial charge in [-0.3, -0.25) is 4.98 Å². The van der Waals surface area contributed by atoms with Crippen LogP contribution < -0.4 is 4.74 Å². The maximum Gasteiger partial charge on any atom is 0.167 e. The minimum Gasteiger partial charge on any atom is -0.493 e. The van der Waals surface area contributed by atoms with Gasteiger partial charge in [-0.25, -0.2) is 4.39 Å². The van der Waals surface area contributed by atoms with Gasteiger partial charge in [0.05, 0.1) is 16.2 Å². The molecule has 0 aliphatic carbocycles. The molecule has 1 aromatic carbocycles. The maximum absolute atomic E-state index is 13.8. The van der Waals surface area contributed by atoms with Gasteiger partial charge in [0.1, 0.15) is 0 Å². The van der Waals surface area contributed by atoms with Gasteiger partial charge >= 0.3 is 0 Å². The van der Waals surface area contributed by atoms with E-state index in [1.165, 1.54) is 12.4 Å². The van der Waals surface area contributed by atoms with E-state index in [2.05, 4.69) is 20.9 Å². The van der Waals surface area contributed by atoms with E-state index >= 15 is 0 Å². The van der Waals surface area contributed by atoms with Crippen molar-refractivity contribution < 1.29 is 13.2 Å². The van der Waals surface area contributed by atoms with Crippen LogP contribution in [0.15, 0.2) is 22.9 Å². The first-order chi connectivity index (χ1) is 8.29. The summed E-state index contributed by atoms with van der Waals surface area (Å²) in [6.45, 7) is 0. The maximum atomic E-state index is 13.8. The van der Waals surface area contributed by atoms with Crippen molar-refractivity contribution in [3.8, 4) is 5.75 Å². The minimum atomic E-state index is -2.75. The second-order valence-corrected chi connectivity index (χ2v) is 4.08. The number of nitrogens with zero attached hydrogens (tertiary/aromatic N) is 1. The van der Waals surface area contributed by atoms with Crippen LogP contribution in [0.5, 0.6) is 5.75 Å². The Hall–Kier alpha value is -0.870. The first-order valence-electron chi connectivity index (χ1n) is 5.40. The number of hydrogen-bond donors (Lipinski definition) is 0. The van der Waals surface area contributed by atoms with Crippen LogP contribution >= 0.6 is 27.5 Å². The van der Waals surface area contributed by atoms with Crippen LogP contribution in [0.2, 0.25) is 5.02 Å². The van der Waals surface area contributed by atoms with Crippen molar-refractivity contribution in [2.45, 2.75) is 0 Å². The van der Waals surface area contributed by atoms with E-state index in [9.17, 15) is 4.39 Å². The molecule has 0 saturated heterocycles. The molecule has 1 heterocycles. The molecule has 0 atom stereocenters. The Morgan fingerprint density at radius 1 is 1.60 bits per heavy atom. The number of hydrogen-bond acceptors (Lipinski definition) is 2. The zero-order valence-electron chi connectivity index (χ0n) is 10.2. The van der Waals surface area contributed by atoms with Gasteiger partial charge in [0, 0.05) is 27.6 Å². The molecule has 0 aliphatic rings. The second kappa shape index (κ2) is 3.94. The molecule has 0 radical (unpaired) electrons. The quantitative estimate of drug-likeness (QED) is 0.798. The smallest absolute Gasteiger partial charge is 0.167 e. The van der Waals surface area contributed by atoms with E-state index in [1.54, 1.807) is 0 Å². The van der Waals surface area contributed by atoms with E-state index < -0.39 is 12.9 Å². The molecule has 2 aromatic rings. The standard InChI is InChI=1S/C10H6BrClFNO/c1-15-10-8(13)2-7(12)5-3-14-4-6(11)9(5)10/h2-4H,1H3/i1D3. The molecular weight excluding hydrogens is 284 g/mol. The zero-order chi connectivity index (χ0) is 13.5. The van der Waals surface area contributed by atoms with Gasteiger partial charge in [-0.1, -0.05) is 11.6 Å². The van der Waals surface area contributed by atoms with Gasteiger partial charge in [-0.05, 0) is 22.0 Å². The van der Waals surface area contributed by atoms with Crippen LogP contribution in [-0.4, -0.2) is 12.0 Å². The fourth-order valence-electron chi connectivity index (χ4n) is 1.32. The summed E-state index contributed by atoms with van der Waals surface area (Å²) in [4.78, 5) is 3.89. The minimum absolute atomic E-state index is 0.134. The summed E-state index contributed by atoms with van der Waals surface area (Å²) in [6, 6.07) is 0.999. The highest BCUT2D eigenvalue weighted by molar-refractivity contribution is 9.10. The van der Waals surface area contributed by atoms with Crippen LogP contribution in [0.25, 0.3) is 10.8 Å². The Morgan fingerprint density at radius 3 is 3.13 bits per heavy atom. The number of ether oxygens (including phenoxy) is 1. The van der Waals surface area contributed by atoms with Gasteiger partial charge in [0.15, 0.2) is 11.6 Å². The summed E-state index contributed by atoms with van der Waals surface area (Å²) >= 11 is 9.05. The molecule has 0 bridgehead atoms. The van der Waals surface area contributed by atoms with E-state index in [4.69, 9.17) is 20.5 Å². The third-order valence-corrected chi connectivity index (χ3v) is 2.87. The Labute approximate surface area is 103 Å². The van der Waals surface area contributed by atoms with Crippen molar-refractivity contribution in [2.75, 3.05) is 7.04 Å². The highest BCUT2D eigenvalue weighted by atomic mass is 79.9. The molecule has 0 aliphatic heterocycles. The first kappa shape index (κ1) is 7.41. The third kappa shape index (κ3) is 1.68. The average Bonchev–Trinajstić information content (AvgIpc) is 2.23. The van der Waals surface area contributed by atoms with Crippen molar-refractivity contribution in [3.05, 3.63) is 33.8 Å². The van der Waals surface area contributed by atoms with Crippen molar-refractivity contribution >= 4 is 38.3 Å². The van der Waals surface area contributed by atoms with E-state index in [0.29, 0.717) is 9.86 Å². The largest absolute Gasteiger partial charge is 0.493 e. The number of rotatable bonds is 1. The van der Waals surface area contributed by atoms with Gasteiger partial charge in [-0.15, -0.1) is 0 Å². The number of benzene rings is 1. The van der Waals surface area contributed by atoms with E-state index in [0.717, 1.165) is 6.07 Å². The number of halogens is 3. The lowest BCUT2D eigenvalue weighted by Crippen LogP contribution is -1.92. The van der Waals surface area contributed by atoms with Gasteiger partial charge in [0.25, 0.3) is 0 Å². The molecule has 2 nitrogen and oxygen atoms in total. The van der Waals surface area contributed by atoms with Crippen LogP contribution in [0, 0.1) is 5.82 Å². The predicted molar refractivity (Wildman–Crippen MR) is 61.0 cm³/mol. The normalized spacial score (nSPS) is 14.5. The monoisotopic (exact) mass is 292 g/mol. The van der Waals surface area contributed by atoms with Crippen molar-refractivity contribution in [1.82, 2.24) is 4.98 Å². The Bertz CT molecular complexity index is 620. The lowest BCUT2D eigenvalue weighted by atomic mass is 10.1. The predicted octanol–water partition coefficient (Wildman–Crippen LogP) is 3.80. The number of methoxy groups -OCH3 is 1. The lowest BCUT2D eigenvalue weighted by Gasteiger charge is -2.09. The van der Waals surface area contributed by atoms with Crippen molar-refractivity contribution in [3.63, 3.8) is 0 Å². The summed E-state index contributed by atoms with van der Waals surface area (Å²) in [5, 5.41) is 0.784. The Kier molecular flexibility index (Phi) is 1.95. The fourth-order valence-corrected chi connectivity index (χ4v) is 2.07. The molecule has 78 valence electrons. The van der Waals surface area contributed by atoms with Crippen molar-refractivity contribution in [1.29, 1.82) is 0 Å². The topological polar surface area (TPSA) is 22.1 Å². The highest BCUT2D eigenvalue weighted by Gasteiger charge is 2.14. The molecule has 0 spiro atoms. The molecule has 5 heteroatoms. The summed E-state index contributed by atoms with van der Waals surface area (Å²) in [7, 11) is -2.75. The zero-order valence-corrected chi connectivity index (χ0v) is 9.56. The van der Waals surface area contributed by atoms with Gasteiger partial charge in [0.2, 0.25) is 0 Å². The summed E-state index contributed by atoms with van der Waals surface area (Å²) < 4.78 is 40.0. The molecule has 0 unspecified atom stereocenters. The third-order valence-electron chi connectivity index (χ3n) is 1.96. The summed E-state index contributed by atoms with van der Waals surface area (Å²) in [6.07, 6.45) is 2.82. The van der Waals surface area contributed by atoms with Gasteiger partial charge < -0.3 is 4.74 Å². The molecule has 0 N–H and O–H groups in total. The van der Waals surface area contributed by atoms with E-state index in [-0.39, 0.29) is 16.2 Å². The molecule has 1 aromatic heterocycles. The second-order valence-electron chi connectivity index (χ2n) is 2.82. The SMILES string of the molecule is [2H]C([2H])([2H])Oc1c(F)cc(Cl)c2cncc(Br)c12. The van der Waals surface area contributed by atoms with Crippen LogP contribution in [0.4, 0.5) is 4.39 Å². The highest BCUT2D eigenvalue weighted by Crippen LogP contribution is 2.37. The average molecular weight is 294 g/mol. The lowest BCUT2D eigenvalue weighted by molar-refractivity contribution is 0.392. The molecule has 2 rings (SSSR count). The number of pyridine rings is 1. The number of fused-ring (bicyclic) bond motifs is 1. The Morgan fingerprint density at radius 2 is 2.40 bits per heavy atom. The fraction of sp³-hybridized carbons (Fsp3) is 0.100. The van der Waals surface area contributed by atoms with Gasteiger partial charge in [-0.2, -0.15) is 0 Å². The van der Waals surface area contributed by atoms with Crippen LogP contribution in [0.1, 0.15) is 4.11 Å². The molecular formula is C10H6BrClFNO. The molecule has 15 heavy (non-hydrogen) atoms. The summed E-state index contributed by atoms with van der Waals surface area (Å²) in [5.41, 5.74) is 0. The van der Waals surface area contributed by atoms with Crippen LogP contribution in [0.3, 0.4) is 0 Å². The van der Waals surface area contributed by atoms with Crippen LogP contribution in [-0.2, 0) is 0 Å². The molecule has 0 amide bonds. The molecule has 0 saturated carbocycles. The first-order valence-corrected chi connectivity index (χ1v) is 5.07. The number of aromatic nitrogens is 1. The van der Waals surface area contributed by atoms with E-state index in [1.807, 2.05) is 0 Å². The molecule has 0 fully saturated rings. The Balaban J connectivity index is 2.79. The van der Waals surface area contributed by atoms with Crippen molar-refractivity contribution in [2.24, 2.45) is 0 Å².